The minimum atomic E-state index is 0.120. The van der Waals surface area contributed by atoms with Crippen LogP contribution in [-0.4, -0.2) is 38.8 Å². The highest BCUT2D eigenvalue weighted by Crippen LogP contribution is 2.49. The first-order valence-corrected chi connectivity index (χ1v) is 8.69. The lowest BCUT2D eigenvalue weighted by Crippen LogP contribution is -2.38. The van der Waals surface area contributed by atoms with E-state index in [1.165, 1.54) is 18.4 Å². The summed E-state index contributed by atoms with van der Waals surface area (Å²) in [4.78, 5) is 12.3. The Balaban J connectivity index is 1.31. The number of benzene rings is 1. The number of carbonyl (C=O) groups is 1. The van der Waals surface area contributed by atoms with Gasteiger partial charge in [-0.05, 0) is 61.9 Å². The molecule has 5 nitrogen and oxygen atoms in total. The summed E-state index contributed by atoms with van der Waals surface area (Å²) in [7, 11) is 0. The van der Waals surface area contributed by atoms with Gasteiger partial charge in [0.05, 0.1) is 0 Å². The molecule has 2 fully saturated rings. The standard InChI is InChI=1S/C18H24N2O3/c21-18(20-11-12-2-1-5-19-10-12)15-9-14(15)13-3-4-16-17(8-13)23-7-6-22-16/h3-4,8,12,14-15,19H,1-2,5-7,9-11H2,(H,20,21). The molecule has 124 valence electrons. The molecule has 2 heterocycles. The molecule has 1 saturated heterocycles. The van der Waals surface area contributed by atoms with Crippen LogP contribution >= 0.6 is 0 Å². The van der Waals surface area contributed by atoms with Crippen LogP contribution in [0.1, 0.15) is 30.7 Å². The first kappa shape index (κ1) is 14.8. The van der Waals surface area contributed by atoms with Crippen molar-refractivity contribution >= 4 is 5.91 Å². The Hall–Kier alpha value is -1.75. The van der Waals surface area contributed by atoms with Crippen LogP contribution in [0.3, 0.4) is 0 Å². The Morgan fingerprint density at radius 2 is 2.13 bits per heavy atom. The fraction of sp³-hybridized carbons (Fsp3) is 0.611. The summed E-state index contributed by atoms with van der Waals surface area (Å²) in [5.41, 5.74) is 1.19. The smallest absolute Gasteiger partial charge is 0.223 e. The normalized spacial score (nSPS) is 29.0. The second-order valence-corrected chi connectivity index (χ2v) is 6.81. The third kappa shape index (κ3) is 3.29. The topological polar surface area (TPSA) is 59.6 Å². The van der Waals surface area contributed by atoms with Gasteiger partial charge < -0.3 is 20.1 Å². The average Bonchev–Trinajstić information content (AvgIpc) is 3.41. The van der Waals surface area contributed by atoms with Crippen molar-refractivity contribution in [3.63, 3.8) is 0 Å². The molecule has 4 rings (SSSR count). The van der Waals surface area contributed by atoms with Gasteiger partial charge in [-0.1, -0.05) is 6.07 Å². The maximum Gasteiger partial charge on any atom is 0.223 e. The SMILES string of the molecule is O=C(NCC1CCCNC1)C1CC1c1ccc2c(c1)OCCO2. The van der Waals surface area contributed by atoms with Crippen LogP contribution in [-0.2, 0) is 4.79 Å². The molecule has 1 aromatic carbocycles. The molecule has 0 radical (unpaired) electrons. The second kappa shape index (κ2) is 6.40. The Bertz CT molecular complexity index is 584. The average molecular weight is 316 g/mol. The quantitative estimate of drug-likeness (QED) is 0.887. The van der Waals surface area contributed by atoms with Crippen LogP contribution in [0.25, 0.3) is 0 Å². The first-order chi connectivity index (χ1) is 11.3. The van der Waals surface area contributed by atoms with Gasteiger partial charge in [-0.2, -0.15) is 0 Å². The number of rotatable bonds is 4. The van der Waals surface area contributed by atoms with Gasteiger partial charge in [-0.3, -0.25) is 4.79 Å². The predicted octanol–water partition coefficient (Wildman–Crippen LogP) is 1.68. The zero-order chi connectivity index (χ0) is 15.6. The van der Waals surface area contributed by atoms with E-state index < -0.39 is 0 Å². The lowest BCUT2D eigenvalue weighted by Gasteiger charge is -2.22. The summed E-state index contributed by atoms with van der Waals surface area (Å²) in [5.74, 6) is 2.86. The minimum Gasteiger partial charge on any atom is -0.486 e. The lowest BCUT2D eigenvalue weighted by atomic mass is 9.99. The largest absolute Gasteiger partial charge is 0.486 e. The number of fused-ring (bicyclic) bond motifs is 1. The van der Waals surface area contributed by atoms with Gasteiger partial charge in [0, 0.05) is 12.5 Å². The molecule has 1 aromatic rings. The van der Waals surface area contributed by atoms with E-state index in [4.69, 9.17) is 9.47 Å². The number of hydrogen-bond donors (Lipinski definition) is 2. The van der Waals surface area contributed by atoms with E-state index in [-0.39, 0.29) is 11.8 Å². The molecular formula is C18H24N2O3. The maximum atomic E-state index is 12.3. The number of piperidine rings is 1. The molecule has 0 spiro atoms. The van der Waals surface area contributed by atoms with Crippen molar-refractivity contribution in [1.29, 1.82) is 0 Å². The van der Waals surface area contributed by atoms with Crippen molar-refractivity contribution < 1.29 is 14.3 Å². The maximum absolute atomic E-state index is 12.3. The molecule has 3 unspecified atom stereocenters. The van der Waals surface area contributed by atoms with Crippen LogP contribution < -0.4 is 20.1 Å². The summed E-state index contributed by atoms with van der Waals surface area (Å²) >= 11 is 0. The van der Waals surface area contributed by atoms with Gasteiger partial charge in [0.2, 0.25) is 5.91 Å². The Morgan fingerprint density at radius 1 is 1.26 bits per heavy atom. The van der Waals surface area contributed by atoms with Gasteiger partial charge in [-0.15, -0.1) is 0 Å². The van der Waals surface area contributed by atoms with Crippen molar-refractivity contribution in [3.05, 3.63) is 23.8 Å². The highest BCUT2D eigenvalue weighted by Gasteiger charge is 2.44. The number of carbonyl (C=O) groups excluding carboxylic acids is 1. The monoisotopic (exact) mass is 316 g/mol. The fourth-order valence-corrected chi connectivity index (χ4v) is 3.62. The van der Waals surface area contributed by atoms with Crippen LogP contribution in [0.4, 0.5) is 0 Å². The number of ether oxygens (including phenoxy) is 2. The van der Waals surface area contributed by atoms with E-state index in [1.807, 2.05) is 12.1 Å². The second-order valence-electron chi connectivity index (χ2n) is 6.81. The van der Waals surface area contributed by atoms with E-state index >= 15 is 0 Å². The van der Waals surface area contributed by atoms with E-state index in [0.717, 1.165) is 37.6 Å². The van der Waals surface area contributed by atoms with Crippen LogP contribution in [0.5, 0.6) is 11.5 Å². The van der Waals surface area contributed by atoms with Gasteiger partial charge >= 0.3 is 0 Å². The van der Waals surface area contributed by atoms with Crippen molar-refractivity contribution in [3.8, 4) is 11.5 Å². The Kier molecular flexibility index (Phi) is 4.12. The third-order valence-electron chi connectivity index (χ3n) is 5.09. The van der Waals surface area contributed by atoms with E-state index in [9.17, 15) is 4.79 Å². The van der Waals surface area contributed by atoms with E-state index in [1.54, 1.807) is 0 Å². The number of amides is 1. The van der Waals surface area contributed by atoms with E-state index in [0.29, 0.717) is 25.0 Å². The molecule has 1 saturated carbocycles. The molecule has 2 N–H and O–H groups in total. The van der Waals surface area contributed by atoms with Crippen molar-refractivity contribution in [2.24, 2.45) is 11.8 Å². The molecule has 1 aliphatic carbocycles. The highest BCUT2D eigenvalue weighted by molar-refractivity contribution is 5.83. The molecule has 5 heteroatoms. The van der Waals surface area contributed by atoms with Crippen LogP contribution in [0.2, 0.25) is 0 Å². The molecule has 3 aliphatic rings. The van der Waals surface area contributed by atoms with Crippen molar-refractivity contribution in [1.82, 2.24) is 10.6 Å². The van der Waals surface area contributed by atoms with Crippen molar-refractivity contribution in [2.45, 2.75) is 25.2 Å². The molecular weight excluding hydrogens is 292 g/mol. The summed E-state index contributed by atoms with van der Waals surface area (Å²) in [6.45, 7) is 4.14. The van der Waals surface area contributed by atoms with Crippen LogP contribution in [0, 0.1) is 11.8 Å². The minimum absolute atomic E-state index is 0.120. The Labute approximate surface area is 136 Å². The molecule has 0 aromatic heterocycles. The molecule has 2 aliphatic heterocycles. The van der Waals surface area contributed by atoms with Gasteiger partial charge in [0.25, 0.3) is 0 Å². The fourth-order valence-electron chi connectivity index (χ4n) is 3.62. The number of hydrogen-bond acceptors (Lipinski definition) is 4. The van der Waals surface area contributed by atoms with Crippen molar-refractivity contribution in [2.75, 3.05) is 32.8 Å². The lowest BCUT2D eigenvalue weighted by molar-refractivity contribution is -0.122. The zero-order valence-corrected chi connectivity index (χ0v) is 13.3. The van der Waals surface area contributed by atoms with Gasteiger partial charge in [0.15, 0.2) is 11.5 Å². The number of nitrogens with one attached hydrogen (secondary N) is 2. The van der Waals surface area contributed by atoms with Gasteiger partial charge in [-0.25, -0.2) is 0 Å². The molecule has 1 amide bonds. The van der Waals surface area contributed by atoms with Gasteiger partial charge in [0.1, 0.15) is 13.2 Å². The zero-order valence-electron chi connectivity index (χ0n) is 13.3. The molecule has 0 bridgehead atoms. The third-order valence-corrected chi connectivity index (χ3v) is 5.09. The van der Waals surface area contributed by atoms with Crippen LogP contribution in [0.15, 0.2) is 18.2 Å². The summed E-state index contributed by atoms with van der Waals surface area (Å²) < 4.78 is 11.2. The summed E-state index contributed by atoms with van der Waals surface area (Å²) in [6.07, 6.45) is 3.36. The molecule has 23 heavy (non-hydrogen) atoms. The summed E-state index contributed by atoms with van der Waals surface area (Å²) in [5, 5.41) is 6.53. The predicted molar refractivity (Wildman–Crippen MR) is 86.9 cm³/mol. The highest BCUT2D eigenvalue weighted by atomic mass is 16.6. The first-order valence-electron chi connectivity index (χ1n) is 8.69. The molecule has 3 atom stereocenters. The summed E-state index contributed by atoms with van der Waals surface area (Å²) in [6, 6.07) is 6.07. The van der Waals surface area contributed by atoms with E-state index in [2.05, 4.69) is 16.7 Å². The Morgan fingerprint density at radius 3 is 2.96 bits per heavy atom.